The molecule has 1 radical (unpaired) electrons. The van der Waals surface area contributed by atoms with Gasteiger partial charge in [0.25, 0.3) is 0 Å². The minimum absolute atomic E-state index is 0.251. The van der Waals surface area contributed by atoms with Gasteiger partial charge in [0.1, 0.15) is 5.70 Å². The maximum atomic E-state index is 12.6. The van der Waals surface area contributed by atoms with E-state index in [1.54, 1.807) is 18.4 Å². The Labute approximate surface area is 83.4 Å². The van der Waals surface area contributed by atoms with E-state index in [0.29, 0.717) is 0 Å². The molecule has 65 valence electrons. The van der Waals surface area contributed by atoms with Crippen LogP contribution in [0.1, 0.15) is 0 Å². The predicted molar refractivity (Wildman–Crippen MR) is 51.5 cm³/mol. The minimum Gasteiger partial charge on any atom is -0.230 e. The van der Waals surface area contributed by atoms with E-state index in [-0.39, 0.29) is 6.17 Å². The van der Waals surface area contributed by atoms with Gasteiger partial charge in [-0.15, -0.1) is 5.11 Å². The fourth-order valence-electron chi connectivity index (χ4n) is 1.05. The van der Waals surface area contributed by atoms with Crippen molar-refractivity contribution in [1.29, 1.82) is 0 Å². The van der Waals surface area contributed by atoms with Crippen LogP contribution in [0.15, 0.2) is 56.5 Å². The summed E-state index contributed by atoms with van der Waals surface area (Å²) in [6.45, 7) is 0. The second kappa shape index (κ2) is 3.38. The average Bonchev–Trinajstić information content (AvgIpc) is 2.53. The summed E-state index contributed by atoms with van der Waals surface area (Å²) in [6.07, 6.45) is 7.50. The van der Waals surface area contributed by atoms with Crippen LogP contribution in [-0.4, -0.2) is 0 Å². The Morgan fingerprint density at radius 1 is 1.15 bits per heavy atom. The zero-order valence-corrected chi connectivity index (χ0v) is 8.12. The topological polar surface area (TPSA) is 24.7 Å². The number of halogens is 2. The minimum atomic E-state index is -0.251. The highest BCUT2D eigenvalue weighted by Gasteiger charge is 2.12. The van der Waals surface area contributed by atoms with Crippen LogP contribution in [0.4, 0.5) is 4.39 Å². The zero-order valence-electron chi connectivity index (χ0n) is 6.54. The maximum absolute atomic E-state index is 12.6. The van der Waals surface area contributed by atoms with Gasteiger partial charge in [-0.05, 0) is 28.1 Å². The van der Waals surface area contributed by atoms with E-state index in [9.17, 15) is 4.39 Å². The van der Waals surface area contributed by atoms with Gasteiger partial charge in [0, 0.05) is 5.57 Å². The van der Waals surface area contributed by atoms with Crippen LogP contribution in [0, 0.1) is 6.17 Å². The lowest BCUT2D eigenvalue weighted by atomic mass is 10.1. The summed E-state index contributed by atoms with van der Waals surface area (Å²) in [5, 5.41) is 7.63. The second-order valence-electron chi connectivity index (χ2n) is 2.55. The number of hydrogen-bond donors (Lipinski definition) is 0. The Balaban J connectivity index is 2.37. The molecule has 1 aliphatic heterocycles. The fourth-order valence-corrected chi connectivity index (χ4v) is 1.45. The van der Waals surface area contributed by atoms with Gasteiger partial charge < -0.3 is 0 Å². The van der Waals surface area contributed by atoms with Crippen molar-refractivity contribution in [1.82, 2.24) is 0 Å². The van der Waals surface area contributed by atoms with E-state index in [1.165, 1.54) is 12.2 Å². The van der Waals surface area contributed by atoms with E-state index < -0.39 is 0 Å². The molecule has 0 amide bonds. The zero-order chi connectivity index (χ0) is 9.26. The van der Waals surface area contributed by atoms with Crippen molar-refractivity contribution in [2.45, 2.75) is 0 Å². The lowest BCUT2D eigenvalue weighted by Gasteiger charge is -2.04. The van der Waals surface area contributed by atoms with Crippen LogP contribution in [0.3, 0.4) is 0 Å². The molecule has 0 bridgehead atoms. The van der Waals surface area contributed by atoms with Gasteiger partial charge in [-0.1, -0.05) is 12.2 Å². The van der Waals surface area contributed by atoms with E-state index >= 15 is 0 Å². The van der Waals surface area contributed by atoms with Crippen LogP contribution in [0.25, 0.3) is 0 Å². The molecule has 0 aromatic heterocycles. The van der Waals surface area contributed by atoms with Crippen molar-refractivity contribution in [3.63, 3.8) is 0 Å². The van der Waals surface area contributed by atoms with Gasteiger partial charge in [0.05, 0.1) is 10.7 Å². The van der Waals surface area contributed by atoms with Gasteiger partial charge in [0.2, 0.25) is 0 Å². The molecule has 2 rings (SSSR count). The number of rotatable bonds is 0. The summed E-state index contributed by atoms with van der Waals surface area (Å²) in [5.74, 6) is 0. The molecule has 0 spiro atoms. The highest BCUT2D eigenvalue weighted by molar-refractivity contribution is 9.12. The SMILES string of the molecule is F[C]1C=CC(=C2N=NC=C2Br)C=C1. The molecule has 2 nitrogen and oxygen atoms in total. The third-order valence-corrected chi connectivity index (χ3v) is 2.25. The third-order valence-electron chi connectivity index (χ3n) is 1.67. The lowest BCUT2D eigenvalue weighted by molar-refractivity contribution is 0.587. The Bertz CT molecular complexity index is 361. The molecule has 0 aromatic rings. The van der Waals surface area contributed by atoms with Gasteiger partial charge >= 0.3 is 0 Å². The Morgan fingerprint density at radius 3 is 2.38 bits per heavy atom. The molecule has 1 heterocycles. The Hall–Kier alpha value is -1.03. The van der Waals surface area contributed by atoms with Gasteiger partial charge in [-0.3, -0.25) is 0 Å². The van der Waals surface area contributed by atoms with E-state index in [0.717, 1.165) is 15.8 Å². The van der Waals surface area contributed by atoms with Crippen LogP contribution in [-0.2, 0) is 0 Å². The first-order valence-corrected chi connectivity index (χ1v) is 4.46. The molecule has 13 heavy (non-hydrogen) atoms. The normalized spacial score (nSPS) is 21.5. The maximum Gasteiger partial charge on any atom is 0.189 e. The fraction of sp³-hybridized carbons (Fsp3) is 0. The molecule has 2 aliphatic rings. The first-order valence-electron chi connectivity index (χ1n) is 3.67. The molecular formula is C9H5BrFN2. The molecule has 4 heteroatoms. The predicted octanol–water partition coefficient (Wildman–Crippen LogP) is 3.57. The largest absolute Gasteiger partial charge is 0.230 e. The summed E-state index contributed by atoms with van der Waals surface area (Å²) in [5.41, 5.74) is 1.59. The Morgan fingerprint density at radius 2 is 1.85 bits per heavy atom. The summed E-state index contributed by atoms with van der Waals surface area (Å²) in [7, 11) is 0. The quantitative estimate of drug-likeness (QED) is 0.618. The number of allylic oxidation sites excluding steroid dienone is 6. The molecule has 0 atom stereocenters. The Kier molecular flexibility index (Phi) is 2.22. The van der Waals surface area contributed by atoms with Gasteiger partial charge in [-0.2, -0.15) is 5.11 Å². The molecule has 0 aromatic carbocycles. The smallest absolute Gasteiger partial charge is 0.189 e. The van der Waals surface area contributed by atoms with Crippen molar-refractivity contribution in [2.24, 2.45) is 10.2 Å². The lowest BCUT2D eigenvalue weighted by Crippen LogP contribution is -1.89. The van der Waals surface area contributed by atoms with Gasteiger partial charge in [0.15, 0.2) is 6.17 Å². The molecule has 0 N–H and O–H groups in total. The van der Waals surface area contributed by atoms with Crippen molar-refractivity contribution in [3.05, 3.63) is 52.4 Å². The molecular weight excluding hydrogens is 235 g/mol. The van der Waals surface area contributed by atoms with Crippen molar-refractivity contribution >= 4 is 15.9 Å². The van der Waals surface area contributed by atoms with E-state index in [2.05, 4.69) is 26.2 Å². The van der Waals surface area contributed by atoms with Crippen molar-refractivity contribution < 1.29 is 4.39 Å². The van der Waals surface area contributed by atoms with Gasteiger partial charge in [-0.25, -0.2) is 4.39 Å². The monoisotopic (exact) mass is 239 g/mol. The van der Waals surface area contributed by atoms with E-state index in [1.807, 2.05) is 0 Å². The highest BCUT2D eigenvalue weighted by atomic mass is 79.9. The third kappa shape index (κ3) is 1.67. The van der Waals surface area contributed by atoms with Crippen molar-refractivity contribution in [3.8, 4) is 0 Å². The average molecular weight is 240 g/mol. The number of nitrogens with zero attached hydrogens (tertiary/aromatic N) is 2. The van der Waals surface area contributed by atoms with Crippen LogP contribution >= 0.6 is 15.9 Å². The molecule has 0 saturated carbocycles. The standard InChI is InChI=1S/C9H5BrFN2/c10-8-5-12-13-9(8)6-1-3-7(11)4-2-6/h1-5H. The number of azo groups is 1. The summed E-state index contributed by atoms with van der Waals surface area (Å²) >= 11 is 3.30. The molecule has 1 aliphatic carbocycles. The van der Waals surface area contributed by atoms with Crippen LogP contribution in [0.2, 0.25) is 0 Å². The number of hydrogen-bond acceptors (Lipinski definition) is 2. The van der Waals surface area contributed by atoms with Crippen LogP contribution in [0.5, 0.6) is 0 Å². The first-order chi connectivity index (χ1) is 6.27. The first kappa shape index (κ1) is 8.56. The van der Waals surface area contributed by atoms with E-state index in [4.69, 9.17) is 0 Å². The summed E-state index contributed by atoms with van der Waals surface area (Å²) < 4.78 is 13.4. The summed E-state index contributed by atoms with van der Waals surface area (Å²) in [4.78, 5) is 0. The summed E-state index contributed by atoms with van der Waals surface area (Å²) in [6, 6.07) is 0. The molecule has 0 unspecified atom stereocenters. The highest BCUT2D eigenvalue weighted by Crippen LogP contribution is 2.30. The molecule has 0 saturated heterocycles. The van der Waals surface area contributed by atoms with Crippen LogP contribution < -0.4 is 0 Å². The molecule has 0 fully saturated rings. The van der Waals surface area contributed by atoms with Crippen molar-refractivity contribution in [2.75, 3.05) is 0 Å². The second-order valence-corrected chi connectivity index (χ2v) is 3.40.